The van der Waals surface area contributed by atoms with Crippen LogP contribution in [0.5, 0.6) is 0 Å². The van der Waals surface area contributed by atoms with Gasteiger partial charge in [-0.3, -0.25) is 0 Å². The van der Waals surface area contributed by atoms with E-state index in [1.165, 1.54) is 12.0 Å². The molecule has 2 aliphatic carbocycles. The van der Waals surface area contributed by atoms with E-state index in [0.29, 0.717) is 18.0 Å². The van der Waals surface area contributed by atoms with Crippen molar-refractivity contribution in [3.8, 4) is 0 Å². The van der Waals surface area contributed by atoms with Crippen LogP contribution in [0.2, 0.25) is 0 Å². The van der Waals surface area contributed by atoms with Crippen molar-refractivity contribution in [2.24, 2.45) is 0 Å². The number of halogens is 1. The first-order valence-corrected chi connectivity index (χ1v) is 7.40. The molecule has 0 aliphatic heterocycles. The molecule has 0 heterocycles. The Balaban J connectivity index is 1.46. The third-order valence-corrected chi connectivity index (χ3v) is 4.60. The van der Waals surface area contributed by atoms with Crippen molar-refractivity contribution < 1.29 is 9.50 Å². The molecule has 19 heavy (non-hydrogen) atoms. The van der Waals surface area contributed by atoms with Crippen molar-refractivity contribution >= 4 is 0 Å². The van der Waals surface area contributed by atoms with E-state index in [1.54, 1.807) is 12.1 Å². The second kappa shape index (κ2) is 5.59. The molecule has 3 heteroatoms. The minimum Gasteiger partial charge on any atom is -0.393 e. The van der Waals surface area contributed by atoms with Crippen LogP contribution in [0.4, 0.5) is 4.39 Å². The standard InChI is InChI=1S/C16H22FNO/c17-13-6-4-11(5-7-13)12-8-15(9-12)18-14-2-1-3-16(19)10-14/h4-7,12,14-16,18-19H,1-3,8-10H2. The van der Waals surface area contributed by atoms with Gasteiger partial charge in [0.05, 0.1) is 6.10 Å². The summed E-state index contributed by atoms with van der Waals surface area (Å²) in [5.41, 5.74) is 1.25. The fraction of sp³-hybridized carbons (Fsp3) is 0.625. The zero-order valence-electron chi connectivity index (χ0n) is 11.2. The Bertz CT molecular complexity index is 413. The molecule has 2 aliphatic rings. The molecule has 2 atom stereocenters. The van der Waals surface area contributed by atoms with Gasteiger partial charge in [0.25, 0.3) is 0 Å². The Morgan fingerprint density at radius 3 is 2.42 bits per heavy atom. The first-order chi connectivity index (χ1) is 9.20. The molecule has 0 amide bonds. The maximum Gasteiger partial charge on any atom is 0.123 e. The van der Waals surface area contributed by atoms with Crippen molar-refractivity contribution in [1.29, 1.82) is 0 Å². The zero-order valence-corrected chi connectivity index (χ0v) is 11.2. The molecule has 0 radical (unpaired) electrons. The minimum atomic E-state index is -0.158. The maximum absolute atomic E-state index is 12.9. The molecule has 2 N–H and O–H groups in total. The van der Waals surface area contributed by atoms with E-state index in [2.05, 4.69) is 5.32 Å². The van der Waals surface area contributed by atoms with Gasteiger partial charge in [0.15, 0.2) is 0 Å². The van der Waals surface area contributed by atoms with Crippen molar-refractivity contribution in [2.75, 3.05) is 0 Å². The third-order valence-electron chi connectivity index (χ3n) is 4.60. The molecule has 0 saturated heterocycles. The highest BCUT2D eigenvalue weighted by Crippen LogP contribution is 2.37. The molecule has 2 nitrogen and oxygen atoms in total. The highest BCUT2D eigenvalue weighted by atomic mass is 19.1. The number of hydrogen-bond donors (Lipinski definition) is 2. The van der Waals surface area contributed by atoms with Crippen LogP contribution in [0.25, 0.3) is 0 Å². The van der Waals surface area contributed by atoms with Gasteiger partial charge in [-0.25, -0.2) is 4.39 Å². The summed E-state index contributed by atoms with van der Waals surface area (Å²) >= 11 is 0. The molecule has 0 aromatic heterocycles. The lowest BCUT2D eigenvalue weighted by Crippen LogP contribution is -2.47. The van der Waals surface area contributed by atoms with Crippen molar-refractivity contribution in [1.82, 2.24) is 5.32 Å². The van der Waals surface area contributed by atoms with Crippen LogP contribution < -0.4 is 5.32 Å². The molecule has 0 spiro atoms. The van der Waals surface area contributed by atoms with Gasteiger partial charge in [-0.05, 0) is 62.1 Å². The van der Waals surface area contributed by atoms with E-state index in [9.17, 15) is 9.50 Å². The first kappa shape index (κ1) is 13.1. The summed E-state index contributed by atoms with van der Waals surface area (Å²) < 4.78 is 12.9. The van der Waals surface area contributed by atoms with E-state index in [0.717, 1.165) is 32.1 Å². The van der Waals surface area contributed by atoms with Gasteiger partial charge >= 0.3 is 0 Å². The van der Waals surface area contributed by atoms with Crippen molar-refractivity contribution in [3.05, 3.63) is 35.6 Å². The predicted molar refractivity (Wildman–Crippen MR) is 73.6 cm³/mol. The van der Waals surface area contributed by atoms with E-state index in [4.69, 9.17) is 0 Å². The summed E-state index contributed by atoms with van der Waals surface area (Å²) in [7, 11) is 0. The van der Waals surface area contributed by atoms with Gasteiger partial charge in [-0.1, -0.05) is 12.1 Å². The molecule has 3 rings (SSSR count). The van der Waals surface area contributed by atoms with Crippen LogP contribution in [0, 0.1) is 5.82 Å². The average Bonchev–Trinajstić information content (AvgIpc) is 2.35. The quantitative estimate of drug-likeness (QED) is 0.878. The SMILES string of the molecule is OC1CCCC(NC2CC(c3ccc(F)cc3)C2)C1. The molecule has 2 fully saturated rings. The Labute approximate surface area is 114 Å². The minimum absolute atomic E-state index is 0.112. The highest BCUT2D eigenvalue weighted by Gasteiger charge is 2.32. The van der Waals surface area contributed by atoms with Crippen molar-refractivity contribution in [2.45, 2.75) is 62.6 Å². The van der Waals surface area contributed by atoms with Gasteiger partial charge in [0, 0.05) is 12.1 Å². The third kappa shape index (κ3) is 3.15. The molecule has 1 aromatic carbocycles. The van der Waals surface area contributed by atoms with Crippen LogP contribution in [-0.4, -0.2) is 23.3 Å². The molecular formula is C16H22FNO. The highest BCUT2D eigenvalue weighted by molar-refractivity contribution is 5.23. The Morgan fingerprint density at radius 2 is 1.74 bits per heavy atom. The summed E-state index contributed by atoms with van der Waals surface area (Å²) in [6.45, 7) is 0. The summed E-state index contributed by atoms with van der Waals surface area (Å²) in [5.74, 6) is 0.417. The van der Waals surface area contributed by atoms with E-state index < -0.39 is 0 Å². The van der Waals surface area contributed by atoms with Gasteiger partial charge in [-0.15, -0.1) is 0 Å². The number of hydrogen-bond acceptors (Lipinski definition) is 2. The van der Waals surface area contributed by atoms with Gasteiger partial charge in [0.2, 0.25) is 0 Å². The van der Waals surface area contributed by atoms with Gasteiger partial charge in [0.1, 0.15) is 5.82 Å². The lowest BCUT2D eigenvalue weighted by molar-refractivity contribution is 0.102. The Hall–Kier alpha value is -0.930. The summed E-state index contributed by atoms with van der Waals surface area (Å²) in [4.78, 5) is 0. The summed E-state index contributed by atoms with van der Waals surface area (Å²) in [6, 6.07) is 7.97. The number of aliphatic hydroxyl groups excluding tert-OH is 1. The van der Waals surface area contributed by atoms with E-state index in [-0.39, 0.29) is 11.9 Å². The monoisotopic (exact) mass is 263 g/mol. The number of rotatable bonds is 3. The normalized spacial score (nSPS) is 34.8. The summed E-state index contributed by atoms with van der Waals surface area (Å²) in [5, 5.41) is 13.3. The molecule has 104 valence electrons. The first-order valence-electron chi connectivity index (χ1n) is 7.40. The lowest BCUT2D eigenvalue weighted by atomic mass is 9.75. The fourth-order valence-corrected chi connectivity index (χ4v) is 3.41. The Morgan fingerprint density at radius 1 is 1.00 bits per heavy atom. The molecule has 2 saturated carbocycles. The smallest absolute Gasteiger partial charge is 0.123 e. The van der Waals surface area contributed by atoms with Crippen LogP contribution in [0.3, 0.4) is 0 Å². The van der Waals surface area contributed by atoms with Gasteiger partial charge in [-0.2, -0.15) is 0 Å². The second-order valence-corrected chi connectivity index (χ2v) is 6.10. The number of benzene rings is 1. The molecule has 2 unspecified atom stereocenters. The van der Waals surface area contributed by atoms with Gasteiger partial charge < -0.3 is 10.4 Å². The lowest BCUT2D eigenvalue weighted by Gasteiger charge is -2.40. The van der Waals surface area contributed by atoms with Crippen LogP contribution in [0.1, 0.15) is 50.0 Å². The number of aliphatic hydroxyl groups is 1. The van der Waals surface area contributed by atoms with Crippen LogP contribution in [0.15, 0.2) is 24.3 Å². The maximum atomic E-state index is 12.9. The average molecular weight is 263 g/mol. The van der Waals surface area contributed by atoms with Crippen LogP contribution >= 0.6 is 0 Å². The fourth-order valence-electron chi connectivity index (χ4n) is 3.41. The Kier molecular flexibility index (Phi) is 3.85. The largest absolute Gasteiger partial charge is 0.393 e. The predicted octanol–water partition coefficient (Wildman–Crippen LogP) is 2.96. The van der Waals surface area contributed by atoms with E-state index >= 15 is 0 Å². The number of nitrogens with one attached hydrogen (secondary N) is 1. The van der Waals surface area contributed by atoms with Crippen LogP contribution in [-0.2, 0) is 0 Å². The molecule has 1 aromatic rings. The summed E-state index contributed by atoms with van der Waals surface area (Å²) in [6.07, 6.45) is 6.34. The second-order valence-electron chi connectivity index (χ2n) is 6.10. The van der Waals surface area contributed by atoms with Crippen molar-refractivity contribution in [3.63, 3.8) is 0 Å². The zero-order chi connectivity index (χ0) is 13.2. The molecular weight excluding hydrogens is 241 g/mol. The molecule has 0 bridgehead atoms. The van der Waals surface area contributed by atoms with E-state index in [1.807, 2.05) is 12.1 Å². The topological polar surface area (TPSA) is 32.3 Å².